The van der Waals surface area contributed by atoms with Crippen LogP contribution in [0.5, 0.6) is 0 Å². The average molecular weight is 714 g/mol. The Kier molecular flexibility index (Phi) is 7.53. The van der Waals surface area contributed by atoms with Crippen LogP contribution in [0, 0.1) is 0 Å². The van der Waals surface area contributed by atoms with E-state index >= 15 is 0 Å². The summed E-state index contributed by atoms with van der Waals surface area (Å²) in [7, 11) is 0. The van der Waals surface area contributed by atoms with Gasteiger partial charge in [-0.05, 0) is 103 Å². The third-order valence-electron chi connectivity index (χ3n) is 11.3. The van der Waals surface area contributed by atoms with Crippen molar-refractivity contribution in [2.75, 3.05) is 4.90 Å². The molecule has 0 saturated heterocycles. The Morgan fingerprint density at radius 3 is 1.32 bits per heavy atom. The second-order valence-electron chi connectivity index (χ2n) is 14.4. The summed E-state index contributed by atoms with van der Waals surface area (Å²) in [5.41, 5.74) is 11.8. The fourth-order valence-electron chi connectivity index (χ4n) is 8.60. The largest absolute Gasteiger partial charge is 0.455 e. The average Bonchev–Trinajstić information content (AvgIpc) is 3.66. The molecule has 0 amide bonds. The van der Waals surface area contributed by atoms with E-state index in [4.69, 9.17) is 4.42 Å². The lowest BCUT2D eigenvalue weighted by Crippen LogP contribution is -2.11. The van der Waals surface area contributed by atoms with Crippen molar-refractivity contribution >= 4 is 71.3 Å². The third-order valence-corrected chi connectivity index (χ3v) is 11.3. The van der Waals surface area contributed by atoms with Gasteiger partial charge in [0.2, 0.25) is 0 Å². The van der Waals surface area contributed by atoms with Crippen LogP contribution in [0.15, 0.2) is 217 Å². The molecule has 0 aliphatic rings. The Bertz CT molecular complexity index is 3180. The van der Waals surface area contributed by atoms with Crippen molar-refractivity contribution in [3.63, 3.8) is 0 Å². The molecular formula is C54H35NO. The van der Waals surface area contributed by atoms with Crippen LogP contribution >= 0.6 is 0 Å². The molecule has 0 aliphatic carbocycles. The first-order valence-electron chi connectivity index (χ1n) is 19.2. The van der Waals surface area contributed by atoms with Crippen molar-refractivity contribution in [1.29, 1.82) is 0 Å². The molecule has 0 unspecified atom stereocenters. The molecule has 262 valence electrons. The Morgan fingerprint density at radius 1 is 0.286 bits per heavy atom. The molecule has 56 heavy (non-hydrogen) atoms. The van der Waals surface area contributed by atoms with Crippen molar-refractivity contribution in [2.45, 2.75) is 0 Å². The Hall–Kier alpha value is -7.42. The van der Waals surface area contributed by atoms with E-state index < -0.39 is 0 Å². The zero-order chi connectivity index (χ0) is 37.0. The first-order valence-corrected chi connectivity index (χ1v) is 19.2. The van der Waals surface area contributed by atoms with Gasteiger partial charge in [0.1, 0.15) is 11.2 Å². The molecule has 1 heterocycles. The summed E-state index contributed by atoms with van der Waals surface area (Å²) in [4.78, 5) is 2.41. The molecule has 0 bridgehead atoms. The predicted octanol–water partition coefficient (Wildman–Crippen LogP) is 15.5. The maximum atomic E-state index is 6.84. The summed E-state index contributed by atoms with van der Waals surface area (Å²) in [6.07, 6.45) is 0. The number of fused-ring (bicyclic) bond motifs is 9. The van der Waals surface area contributed by atoms with Gasteiger partial charge in [0.05, 0.1) is 5.69 Å². The molecule has 0 saturated carbocycles. The van der Waals surface area contributed by atoms with Gasteiger partial charge in [0.25, 0.3) is 0 Å². The number of nitrogens with zero attached hydrogens (tertiary/aromatic N) is 1. The van der Waals surface area contributed by atoms with Gasteiger partial charge in [-0.2, -0.15) is 0 Å². The van der Waals surface area contributed by atoms with E-state index in [1.54, 1.807) is 0 Å². The molecule has 11 rings (SSSR count). The number of furan rings is 1. The van der Waals surface area contributed by atoms with Crippen LogP contribution in [-0.2, 0) is 0 Å². The van der Waals surface area contributed by atoms with Gasteiger partial charge in [-0.15, -0.1) is 0 Å². The number of rotatable bonds is 6. The van der Waals surface area contributed by atoms with Gasteiger partial charge in [0.15, 0.2) is 0 Å². The van der Waals surface area contributed by atoms with E-state index in [0.717, 1.165) is 50.1 Å². The lowest BCUT2D eigenvalue weighted by atomic mass is 9.93. The van der Waals surface area contributed by atoms with E-state index in [-0.39, 0.29) is 0 Å². The minimum absolute atomic E-state index is 0.874. The maximum Gasteiger partial charge on any atom is 0.145 e. The van der Waals surface area contributed by atoms with Crippen LogP contribution in [0.1, 0.15) is 0 Å². The maximum absolute atomic E-state index is 6.84. The zero-order valence-corrected chi connectivity index (χ0v) is 30.6. The first kappa shape index (κ1) is 32.0. The van der Waals surface area contributed by atoms with Crippen LogP contribution in [0.3, 0.4) is 0 Å². The fourth-order valence-corrected chi connectivity index (χ4v) is 8.60. The number of benzene rings is 10. The van der Waals surface area contributed by atoms with Crippen molar-refractivity contribution in [3.05, 3.63) is 212 Å². The SMILES string of the molecule is c1ccc(-c2ccc(-c3c(N(c4ccc(-c5ccccc5)cc4)c4ccc5c6ccccc6c6ccccc6c5c4)ccc4c3oc3ccccc34)cc2)cc1. The van der Waals surface area contributed by atoms with Crippen LogP contribution in [0.2, 0.25) is 0 Å². The zero-order valence-electron chi connectivity index (χ0n) is 30.6. The predicted molar refractivity (Wildman–Crippen MR) is 237 cm³/mol. The van der Waals surface area contributed by atoms with Crippen LogP contribution in [-0.4, -0.2) is 0 Å². The molecule has 0 N–H and O–H groups in total. The highest BCUT2D eigenvalue weighted by atomic mass is 16.3. The van der Waals surface area contributed by atoms with Crippen molar-refractivity contribution in [1.82, 2.24) is 0 Å². The molecule has 10 aromatic carbocycles. The van der Waals surface area contributed by atoms with Gasteiger partial charge in [-0.1, -0.05) is 170 Å². The summed E-state index contributed by atoms with van der Waals surface area (Å²) in [6, 6.07) is 76.4. The summed E-state index contributed by atoms with van der Waals surface area (Å²) < 4.78 is 6.84. The fraction of sp³-hybridized carbons (Fsp3) is 0. The highest BCUT2D eigenvalue weighted by Crippen LogP contribution is 2.48. The topological polar surface area (TPSA) is 16.4 Å². The quantitative estimate of drug-likeness (QED) is 0.160. The molecule has 1 aromatic heterocycles. The summed E-state index contributed by atoms with van der Waals surface area (Å²) >= 11 is 0. The Labute approximate surface area is 325 Å². The molecule has 0 spiro atoms. The van der Waals surface area contributed by atoms with E-state index in [2.05, 4.69) is 211 Å². The minimum Gasteiger partial charge on any atom is -0.455 e. The number of hydrogen-bond donors (Lipinski definition) is 0. The molecule has 0 aliphatic heterocycles. The van der Waals surface area contributed by atoms with E-state index in [1.165, 1.54) is 54.6 Å². The molecule has 0 fully saturated rings. The van der Waals surface area contributed by atoms with Crippen molar-refractivity contribution in [2.24, 2.45) is 0 Å². The van der Waals surface area contributed by atoms with Gasteiger partial charge >= 0.3 is 0 Å². The summed E-state index contributed by atoms with van der Waals surface area (Å²) in [5.74, 6) is 0. The van der Waals surface area contributed by atoms with Crippen LogP contribution in [0.25, 0.3) is 87.6 Å². The second-order valence-corrected chi connectivity index (χ2v) is 14.4. The van der Waals surface area contributed by atoms with Gasteiger partial charge in [-0.3, -0.25) is 0 Å². The number of hydrogen-bond acceptors (Lipinski definition) is 2. The van der Waals surface area contributed by atoms with Gasteiger partial charge in [-0.25, -0.2) is 0 Å². The summed E-state index contributed by atoms with van der Waals surface area (Å²) in [6.45, 7) is 0. The molecular weight excluding hydrogens is 679 g/mol. The standard InChI is InChI=1S/C54H35NO/c1-3-13-36(14-4-1)38-23-25-40(26-24-38)53-51(34-33-49-48-21-11-12-22-52(48)56-54(49)53)55(41-29-27-39(28-30-41)37-15-5-2-6-16-37)42-31-32-47-45-19-8-7-17-43(45)44-18-9-10-20-46(44)50(47)35-42/h1-35H. The molecule has 0 atom stereocenters. The number of anilines is 3. The third kappa shape index (κ3) is 5.26. The van der Waals surface area contributed by atoms with Crippen molar-refractivity contribution in [3.8, 4) is 33.4 Å². The summed E-state index contributed by atoms with van der Waals surface area (Å²) in [5, 5.41) is 9.71. The lowest BCUT2D eigenvalue weighted by Gasteiger charge is -2.29. The highest BCUT2D eigenvalue weighted by Gasteiger charge is 2.24. The normalized spacial score (nSPS) is 11.6. The molecule has 0 radical (unpaired) electrons. The Balaban J connectivity index is 1.19. The Morgan fingerprint density at radius 2 is 0.714 bits per heavy atom. The lowest BCUT2D eigenvalue weighted by molar-refractivity contribution is 0.670. The molecule has 2 nitrogen and oxygen atoms in total. The minimum atomic E-state index is 0.874. The van der Waals surface area contributed by atoms with E-state index in [1.807, 2.05) is 6.07 Å². The number of para-hydroxylation sites is 1. The monoisotopic (exact) mass is 713 g/mol. The molecule has 11 aromatic rings. The van der Waals surface area contributed by atoms with Crippen molar-refractivity contribution < 1.29 is 4.42 Å². The smallest absolute Gasteiger partial charge is 0.145 e. The van der Waals surface area contributed by atoms with Gasteiger partial charge in [0, 0.05) is 27.7 Å². The van der Waals surface area contributed by atoms with E-state index in [0.29, 0.717) is 0 Å². The molecule has 2 heteroatoms. The van der Waals surface area contributed by atoms with Gasteiger partial charge < -0.3 is 9.32 Å². The second kappa shape index (κ2) is 13.2. The van der Waals surface area contributed by atoms with E-state index in [9.17, 15) is 0 Å². The first-order chi connectivity index (χ1) is 27.8. The van der Waals surface area contributed by atoms with Crippen LogP contribution in [0.4, 0.5) is 17.1 Å². The highest BCUT2D eigenvalue weighted by molar-refractivity contribution is 6.26. The van der Waals surface area contributed by atoms with Crippen LogP contribution < -0.4 is 4.90 Å².